The Kier molecular flexibility index (Phi) is 6.71. The van der Waals surface area contributed by atoms with Gasteiger partial charge in [-0.3, -0.25) is 0 Å². The third-order valence-electron chi connectivity index (χ3n) is 3.93. The molecule has 3 unspecified atom stereocenters. The lowest BCUT2D eigenvalue weighted by molar-refractivity contribution is 0.386. The van der Waals surface area contributed by atoms with Crippen LogP contribution in [0.25, 0.3) is 0 Å². The van der Waals surface area contributed by atoms with Crippen LogP contribution in [0.2, 0.25) is 0 Å². The molecule has 5 heteroatoms. The largest absolute Gasteiger partial charge is 0.494 e. The Morgan fingerprint density at radius 1 is 1.38 bits per heavy atom. The standard InChI is InChI=1S/C16H24FNOS2/c1-4-15-16(21-8-7-20-15)13(18-2)10-11-5-6-14(19-3)12(17)9-11/h5-6,9,13,15-16,18H,4,7-8,10H2,1-3H3. The SMILES string of the molecule is CCC1SCCSC1C(Cc1ccc(OC)c(F)c1)NC. The number of likely N-dealkylation sites (N-methyl/N-ethyl adjacent to an activating group) is 1. The summed E-state index contributed by atoms with van der Waals surface area (Å²) in [5.74, 6) is 2.49. The average Bonchev–Trinajstić information content (AvgIpc) is 2.52. The van der Waals surface area contributed by atoms with Crippen molar-refractivity contribution in [3.63, 3.8) is 0 Å². The Balaban J connectivity index is 2.09. The zero-order valence-corrected chi connectivity index (χ0v) is 14.5. The van der Waals surface area contributed by atoms with Gasteiger partial charge in [0.2, 0.25) is 0 Å². The van der Waals surface area contributed by atoms with E-state index in [2.05, 4.69) is 35.8 Å². The van der Waals surface area contributed by atoms with Gasteiger partial charge in [-0.1, -0.05) is 13.0 Å². The van der Waals surface area contributed by atoms with Gasteiger partial charge in [0.15, 0.2) is 11.6 Å². The molecule has 3 atom stereocenters. The molecule has 118 valence electrons. The Labute approximate surface area is 135 Å². The molecule has 1 fully saturated rings. The highest BCUT2D eigenvalue weighted by Gasteiger charge is 2.31. The monoisotopic (exact) mass is 329 g/mol. The lowest BCUT2D eigenvalue weighted by Gasteiger charge is -2.36. The van der Waals surface area contributed by atoms with E-state index in [1.807, 2.05) is 13.1 Å². The summed E-state index contributed by atoms with van der Waals surface area (Å²) >= 11 is 4.14. The fraction of sp³-hybridized carbons (Fsp3) is 0.625. The molecule has 0 amide bonds. The van der Waals surface area contributed by atoms with E-state index in [1.165, 1.54) is 25.0 Å². The van der Waals surface area contributed by atoms with Crippen LogP contribution in [0.1, 0.15) is 18.9 Å². The van der Waals surface area contributed by atoms with Gasteiger partial charge in [-0.15, -0.1) is 0 Å². The third-order valence-corrected chi connectivity index (χ3v) is 7.34. The highest BCUT2D eigenvalue weighted by Crippen LogP contribution is 2.36. The van der Waals surface area contributed by atoms with Crippen molar-refractivity contribution >= 4 is 23.5 Å². The maximum Gasteiger partial charge on any atom is 0.165 e. The van der Waals surface area contributed by atoms with Crippen LogP contribution in [0.4, 0.5) is 4.39 Å². The van der Waals surface area contributed by atoms with Gasteiger partial charge in [-0.2, -0.15) is 23.5 Å². The average molecular weight is 330 g/mol. The van der Waals surface area contributed by atoms with Crippen molar-refractivity contribution in [1.29, 1.82) is 0 Å². The molecule has 1 aromatic carbocycles. The van der Waals surface area contributed by atoms with Crippen molar-refractivity contribution < 1.29 is 9.13 Å². The van der Waals surface area contributed by atoms with E-state index in [0.29, 0.717) is 22.3 Å². The number of hydrogen-bond acceptors (Lipinski definition) is 4. The minimum Gasteiger partial charge on any atom is -0.494 e. The van der Waals surface area contributed by atoms with Crippen molar-refractivity contribution in [2.24, 2.45) is 0 Å². The first-order valence-corrected chi connectivity index (χ1v) is 9.52. The fourth-order valence-electron chi connectivity index (χ4n) is 2.78. The Hall–Kier alpha value is -0.390. The third kappa shape index (κ3) is 4.30. The topological polar surface area (TPSA) is 21.3 Å². The van der Waals surface area contributed by atoms with Crippen LogP contribution >= 0.6 is 23.5 Å². The Morgan fingerprint density at radius 2 is 2.14 bits per heavy atom. The smallest absolute Gasteiger partial charge is 0.165 e. The van der Waals surface area contributed by atoms with Gasteiger partial charge in [-0.05, 0) is 37.6 Å². The van der Waals surface area contributed by atoms with Gasteiger partial charge in [0.05, 0.1) is 7.11 Å². The maximum absolute atomic E-state index is 13.8. The summed E-state index contributed by atoms with van der Waals surface area (Å²) in [4.78, 5) is 0. The van der Waals surface area contributed by atoms with E-state index in [4.69, 9.17) is 4.74 Å². The fourth-order valence-corrected chi connectivity index (χ4v) is 6.09. The molecule has 1 heterocycles. The number of hydrogen-bond donors (Lipinski definition) is 1. The lowest BCUT2D eigenvalue weighted by atomic mass is 10.00. The second kappa shape index (κ2) is 8.30. The summed E-state index contributed by atoms with van der Waals surface area (Å²) in [6, 6.07) is 5.66. The summed E-state index contributed by atoms with van der Waals surface area (Å²) < 4.78 is 18.8. The highest BCUT2D eigenvalue weighted by atomic mass is 32.2. The molecule has 21 heavy (non-hydrogen) atoms. The van der Waals surface area contributed by atoms with Gasteiger partial charge >= 0.3 is 0 Å². The van der Waals surface area contributed by atoms with Gasteiger partial charge in [-0.25, -0.2) is 4.39 Å². The molecule has 1 aliphatic rings. The lowest BCUT2D eigenvalue weighted by Crippen LogP contribution is -2.45. The Morgan fingerprint density at radius 3 is 2.76 bits per heavy atom. The minimum atomic E-state index is -0.275. The first-order valence-electron chi connectivity index (χ1n) is 7.42. The molecule has 2 nitrogen and oxygen atoms in total. The second-order valence-electron chi connectivity index (χ2n) is 5.22. The maximum atomic E-state index is 13.8. The summed E-state index contributed by atoms with van der Waals surface area (Å²) in [5, 5.41) is 4.72. The molecule has 0 bridgehead atoms. The van der Waals surface area contributed by atoms with E-state index in [0.717, 1.165) is 12.0 Å². The number of benzene rings is 1. The molecule has 2 rings (SSSR count). The predicted octanol–water partition coefficient (Wildman–Crippen LogP) is 3.59. The minimum absolute atomic E-state index is 0.275. The van der Waals surface area contributed by atoms with Crippen LogP contribution in [0, 0.1) is 5.82 Å². The second-order valence-corrected chi connectivity index (χ2v) is 7.85. The summed E-state index contributed by atoms with van der Waals surface area (Å²) in [5.41, 5.74) is 1.03. The normalized spacial score (nSPS) is 23.8. The molecule has 0 aromatic heterocycles. The molecular formula is C16H24FNOS2. The van der Waals surface area contributed by atoms with Crippen LogP contribution in [-0.2, 0) is 6.42 Å². The molecule has 0 saturated carbocycles. The Bertz CT molecular complexity index is 458. The van der Waals surface area contributed by atoms with Gasteiger partial charge in [0.25, 0.3) is 0 Å². The number of ether oxygens (including phenoxy) is 1. The van der Waals surface area contributed by atoms with Gasteiger partial charge < -0.3 is 10.1 Å². The van der Waals surface area contributed by atoms with Crippen molar-refractivity contribution in [3.8, 4) is 5.75 Å². The van der Waals surface area contributed by atoms with Crippen molar-refractivity contribution in [1.82, 2.24) is 5.32 Å². The number of halogens is 1. The van der Waals surface area contributed by atoms with E-state index >= 15 is 0 Å². The van der Waals surface area contributed by atoms with Crippen LogP contribution in [0.15, 0.2) is 18.2 Å². The number of rotatable bonds is 6. The van der Waals surface area contributed by atoms with E-state index in [1.54, 1.807) is 12.1 Å². The van der Waals surface area contributed by atoms with Gasteiger partial charge in [0.1, 0.15) is 0 Å². The van der Waals surface area contributed by atoms with E-state index in [-0.39, 0.29) is 5.82 Å². The van der Waals surface area contributed by atoms with Crippen molar-refractivity contribution in [2.45, 2.75) is 36.3 Å². The molecule has 1 aliphatic heterocycles. The van der Waals surface area contributed by atoms with Gasteiger partial charge in [0, 0.05) is 28.0 Å². The molecular weight excluding hydrogens is 305 g/mol. The van der Waals surface area contributed by atoms with Crippen LogP contribution < -0.4 is 10.1 Å². The van der Waals surface area contributed by atoms with Crippen LogP contribution in [0.5, 0.6) is 5.75 Å². The number of methoxy groups -OCH3 is 1. The molecule has 0 spiro atoms. The first kappa shape index (κ1) is 17.0. The molecule has 1 aromatic rings. The molecule has 0 aliphatic carbocycles. The molecule has 1 N–H and O–H groups in total. The van der Waals surface area contributed by atoms with E-state index < -0.39 is 0 Å². The predicted molar refractivity (Wildman–Crippen MR) is 92.3 cm³/mol. The zero-order valence-electron chi connectivity index (χ0n) is 12.9. The summed E-state index contributed by atoms with van der Waals surface area (Å²) in [7, 11) is 3.51. The van der Waals surface area contributed by atoms with Crippen molar-refractivity contribution in [3.05, 3.63) is 29.6 Å². The van der Waals surface area contributed by atoms with Crippen LogP contribution in [0.3, 0.4) is 0 Å². The quantitative estimate of drug-likeness (QED) is 0.860. The van der Waals surface area contributed by atoms with Crippen LogP contribution in [-0.4, -0.2) is 42.2 Å². The first-order chi connectivity index (χ1) is 10.2. The number of nitrogens with one attached hydrogen (secondary N) is 1. The van der Waals surface area contributed by atoms with Crippen molar-refractivity contribution in [2.75, 3.05) is 25.7 Å². The summed E-state index contributed by atoms with van der Waals surface area (Å²) in [6.45, 7) is 2.26. The molecule has 0 radical (unpaired) electrons. The highest BCUT2D eigenvalue weighted by molar-refractivity contribution is 8.07. The summed E-state index contributed by atoms with van der Waals surface area (Å²) in [6.07, 6.45) is 2.05. The number of thioether (sulfide) groups is 2. The molecule has 1 saturated heterocycles. The van der Waals surface area contributed by atoms with E-state index in [9.17, 15) is 4.39 Å². The zero-order chi connectivity index (χ0) is 15.2.